The molecule has 0 saturated carbocycles. The molecule has 1 heterocycles. The summed E-state index contributed by atoms with van der Waals surface area (Å²) in [6, 6.07) is 27.4. The van der Waals surface area contributed by atoms with Gasteiger partial charge in [-0.1, -0.05) is 54.6 Å². The summed E-state index contributed by atoms with van der Waals surface area (Å²) in [7, 11) is 1.72. The van der Waals surface area contributed by atoms with E-state index in [9.17, 15) is 0 Å². The fourth-order valence-electron chi connectivity index (χ4n) is 4.07. The minimum absolute atomic E-state index is 0.167. The van der Waals surface area contributed by atoms with Crippen LogP contribution in [0.25, 0.3) is 0 Å². The number of hydrogen-bond donors (Lipinski definition) is 1. The number of methoxy groups -OCH3 is 1. The first-order valence-electron chi connectivity index (χ1n) is 10.7. The van der Waals surface area contributed by atoms with Crippen LogP contribution in [-0.4, -0.2) is 38.2 Å². The molecule has 1 fully saturated rings. The Kier molecular flexibility index (Phi) is 7.01. The van der Waals surface area contributed by atoms with Gasteiger partial charge in [0.25, 0.3) is 0 Å². The summed E-state index contributed by atoms with van der Waals surface area (Å²) in [6.07, 6.45) is 1.14. The lowest BCUT2D eigenvalue weighted by Crippen LogP contribution is -2.33. The highest BCUT2D eigenvalue weighted by Gasteiger charge is 2.24. The van der Waals surface area contributed by atoms with Crippen molar-refractivity contribution < 1.29 is 9.47 Å². The van der Waals surface area contributed by atoms with Crippen molar-refractivity contribution in [2.45, 2.75) is 19.1 Å². The van der Waals surface area contributed by atoms with Crippen molar-refractivity contribution in [2.75, 3.05) is 33.3 Å². The lowest BCUT2D eigenvalue weighted by Gasteiger charge is -2.31. The van der Waals surface area contributed by atoms with Gasteiger partial charge in [-0.05, 0) is 53.9 Å². The van der Waals surface area contributed by atoms with Crippen LogP contribution in [0.4, 0.5) is 0 Å². The molecular formula is C26H30N2O2. The molecule has 1 atom stereocenters. The summed E-state index contributed by atoms with van der Waals surface area (Å²) < 4.78 is 11.6. The molecule has 3 aromatic rings. The monoisotopic (exact) mass is 402 g/mol. The second-order valence-electron chi connectivity index (χ2n) is 7.67. The number of hydrogen-bond acceptors (Lipinski definition) is 4. The molecule has 1 aliphatic heterocycles. The molecule has 4 heteroatoms. The summed E-state index contributed by atoms with van der Waals surface area (Å²) >= 11 is 0. The molecule has 0 aromatic heterocycles. The molecule has 0 radical (unpaired) electrons. The first kappa shape index (κ1) is 20.5. The zero-order chi connectivity index (χ0) is 20.6. The highest BCUT2D eigenvalue weighted by molar-refractivity contribution is 5.40. The van der Waals surface area contributed by atoms with Gasteiger partial charge in [-0.2, -0.15) is 0 Å². The van der Waals surface area contributed by atoms with E-state index in [1.807, 2.05) is 30.3 Å². The molecule has 3 aromatic carbocycles. The molecular weight excluding hydrogens is 372 g/mol. The van der Waals surface area contributed by atoms with Gasteiger partial charge < -0.3 is 14.8 Å². The SMILES string of the molecule is COc1cccc(C(c2cccc(OCc3ccccc3)c2)N2CCCNCC2)c1. The van der Waals surface area contributed by atoms with Crippen LogP contribution in [0, 0.1) is 0 Å². The average Bonchev–Trinajstić information content (AvgIpc) is 3.08. The van der Waals surface area contributed by atoms with E-state index in [0.717, 1.165) is 44.1 Å². The van der Waals surface area contributed by atoms with Crippen molar-refractivity contribution in [3.05, 3.63) is 95.6 Å². The van der Waals surface area contributed by atoms with Gasteiger partial charge in [0.15, 0.2) is 0 Å². The van der Waals surface area contributed by atoms with E-state index >= 15 is 0 Å². The Morgan fingerprint density at radius 1 is 0.833 bits per heavy atom. The van der Waals surface area contributed by atoms with Crippen molar-refractivity contribution in [1.29, 1.82) is 0 Å². The van der Waals surface area contributed by atoms with Crippen molar-refractivity contribution in [2.24, 2.45) is 0 Å². The maximum atomic E-state index is 6.12. The van der Waals surface area contributed by atoms with E-state index < -0.39 is 0 Å². The average molecular weight is 403 g/mol. The summed E-state index contributed by atoms with van der Waals surface area (Å²) in [5, 5.41) is 3.52. The Hall–Kier alpha value is -2.82. The van der Waals surface area contributed by atoms with E-state index in [0.29, 0.717) is 6.61 Å². The number of rotatable bonds is 7. The molecule has 156 valence electrons. The smallest absolute Gasteiger partial charge is 0.120 e. The van der Waals surface area contributed by atoms with Crippen molar-refractivity contribution in [3.8, 4) is 11.5 Å². The van der Waals surface area contributed by atoms with Crippen LogP contribution in [-0.2, 0) is 6.61 Å². The highest BCUT2D eigenvalue weighted by atomic mass is 16.5. The van der Waals surface area contributed by atoms with E-state index in [1.54, 1.807) is 7.11 Å². The van der Waals surface area contributed by atoms with Gasteiger partial charge in [-0.15, -0.1) is 0 Å². The van der Waals surface area contributed by atoms with Gasteiger partial charge in [0.05, 0.1) is 13.2 Å². The Bertz CT molecular complexity index is 921. The molecule has 30 heavy (non-hydrogen) atoms. The summed E-state index contributed by atoms with van der Waals surface area (Å²) in [5.74, 6) is 1.79. The number of nitrogens with one attached hydrogen (secondary N) is 1. The Labute approximate surface area is 179 Å². The first-order chi connectivity index (χ1) is 14.8. The van der Waals surface area contributed by atoms with Gasteiger partial charge in [0, 0.05) is 19.6 Å². The Morgan fingerprint density at radius 2 is 1.57 bits per heavy atom. The third kappa shape index (κ3) is 5.21. The van der Waals surface area contributed by atoms with Crippen molar-refractivity contribution in [3.63, 3.8) is 0 Å². The lowest BCUT2D eigenvalue weighted by atomic mass is 9.96. The molecule has 0 bridgehead atoms. The van der Waals surface area contributed by atoms with E-state index in [1.165, 1.54) is 16.7 Å². The summed E-state index contributed by atoms with van der Waals surface area (Å²) in [6.45, 7) is 4.72. The number of ether oxygens (including phenoxy) is 2. The molecule has 1 saturated heterocycles. The Balaban J connectivity index is 1.62. The molecule has 0 amide bonds. The molecule has 1 N–H and O–H groups in total. The minimum Gasteiger partial charge on any atom is -0.497 e. The number of benzene rings is 3. The number of nitrogens with zero attached hydrogens (tertiary/aromatic N) is 1. The molecule has 4 rings (SSSR count). The largest absolute Gasteiger partial charge is 0.497 e. The van der Waals surface area contributed by atoms with Gasteiger partial charge in [0.2, 0.25) is 0 Å². The molecule has 1 aliphatic rings. The third-order valence-corrected chi connectivity index (χ3v) is 5.57. The molecule has 0 aliphatic carbocycles. The zero-order valence-electron chi connectivity index (χ0n) is 17.6. The standard InChI is InChI=1S/C26H30N2O2/c1-29-24-12-5-10-22(18-24)26(28-16-7-14-27-15-17-28)23-11-6-13-25(19-23)30-20-21-8-3-2-4-9-21/h2-6,8-13,18-19,26-27H,7,14-17,20H2,1H3. The third-order valence-electron chi connectivity index (χ3n) is 5.57. The van der Waals surface area contributed by atoms with Crippen LogP contribution in [0.2, 0.25) is 0 Å². The maximum Gasteiger partial charge on any atom is 0.120 e. The predicted molar refractivity (Wildman–Crippen MR) is 121 cm³/mol. The molecule has 0 spiro atoms. The van der Waals surface area contributed by atoms with E-state index in [2.05, 4.69) is 58.7 Å². The highest BCUT2D eigenvalue weighted by Crippen LogP contribution is 2.33. The fourth-order valence-corrected chi connectivity index (χ4v) is 4.07. The van der Waals surface area contributed by atoms with Crippen molar-refractivity contribution in [1.82, 2.24) is 10.2 Å². The molecule has 4 nitrogen and oxygen atoms in total. The summed E-state index contributed by atoms with van der Waals surface area (Å²) in [4.78, 5) is 2.56. The lowest BCUT2D eigenvalue weighted by molar-refractivity contribution is 0.239. The quantitative estimate of drug-likeness (QED) is 0.623. The zero-order valence-corrected chi connectivity index (χ0v) is 17.6. The van der Waals surface area contributed by atoms with Crippen LogP contribution < -0.4 is 14.8 Å². The minimum atomic E-state index is 0.167. The fraction of sp³-hybridized carbons (Fsp3) is 0.308. The topological polar surface area (TPSA) is 33.7 Å². The van der Waals surface area contributed by atoms with Gasteiger partial charge in [-0.3, -0.25) is 4.90 Å². The van der Waals surface area contributed by atoms with Crippen molar-refractivity contribution >= 4 is 0 Å². The van der Waals surface area contributed by atoms with E-state index in [4.69, 9.17) is 9.47 Å². The van der Waals surface area contributed by atoms with Crippen LogP contribution in [0.5, 0.6) is 11.5 Å². The van der Waals surface area contributed by atoms with Crippen LogP contribution in [0.15, 0.2) is 78.9 Å². The van der Waals surface area contributed by atoms with Crippen LogP contribution in [0.1, 0.15) is 29.2 Å². The first-order valence-corrected chi connectivity index (χ1v) is 10.7. The second kappa shape index (κ2) is 10.3. The van der Waals surface area contributed by atoms with Crippen LogP contribution in [0.3, 0.4) is 0 Å². The maximum absolute atomic E-state index is 6.12. The van der Waals surface area contributed by atoms with Gasteiger partial charge in [-0.25, -0.2) is 0 Å². The summed E-state index contributed by atoms with van der Waals surface area (Å²) in [5.41, 5.74) is 3.66. The van der Waals surface area contributed by atoms with Crippen LogP contribution >= 0.6 is 0 Å². The van der Waals surface area contributed by atoms with E-state index in [-0.39, 0.29) is 6.04 Å². The second-order valence-corrected chi connectivity index (χ2v) is 7.67. The predicted octanol–water partition coefficient (Wildman–Crippen LogP) is 4.66. The van der Waals surface area contributed by atoms with Gasteiger partial charge >= 0.3 is 0 Å². The Morgan fingerprint density at radius 3 is 2.33 bits per heavy atom. The molecule has 1 unspecified atom stereocenters. The normalized spacial score (nSPS) is 15.9. The van der Waals surface area contributed by atoms with Gasteiger partial charge in [0.1, 0.15) is 18.1 Å².